The molecule has 1 fully saturated rings. The van der Waals surface area contributed by atoms with Crippen LogP contribution in [0, 0.1) is 0 Å². The molecule has 2 heterocycles. The van der Waals surface area contributed by atoms with Crippen LogP contribution in [0.4, 0.5) is 5.82 Å². The highest BCUT2D eigenvalue weighted by Crippen LogP contribution is 2.27. The lowest BCUT2D eigenvalue weighted by Crippen LogP contribution is -2.38. The predicted molar refractivity (Wildman–Crippen MR) is 75.5 cm³/mol. The molecule has 106 valence electrons. The molecule has 0 amide bonds. The number of aromatic nitrogens is 1. The largest absolute Gasteiger partial charge is 0.392 e. The van der Waals surface area contributed by atoms with Gasteiger partial charge in [-0.2, -0.15) is 0 Å². The molecule has 0 aliphatic carbocycles. The number of pyridine rings is 1. The van der Waals surface area contributed by atoms with Crippen LogP contribution in [0.15, 0.2) is 12.3 Å². The summed E-state index contributed by atoms with van der Waals surface area (Å²) in [4.78, 5) is 8.49. The molecule has 1 aliphatic heterocycles. The Morgan fingerprint density at radius 3 is 2.89 bits per heavy atom. The van der Waals surface area contributed by atoms with Crippen LogP contribution in [0.25, 0.3) is 0 Å². The monoisotopic (exact) mass is 285 g/mol. The standard InChI is InChI=1S/C13H20ClN3O2/c1-16(2)6-10-4-11(19)7-17(10)13-3-9(8-18)12(14)5-15-13/h3,5,10-11,18-19H,4,6-8H2,1-2H3. The third-order valence-corrected chi connectivity index (χ3v) is 3.69. The first kappa shape index (κ1) is 14.5. The number of halogens is 1. The quantitative estimate of drug-likeness (QED) is 0.854. The number of rotatable bonds is 4. The summed E-state index contributed by atoms with van der Waals surface area (Å²) in [6, 6.07) is 2.02. The van der Waals surface area contributed by atoms with Crippen LogP contribution >= 0.6 is 11.6 Å². The molecule has 1 aromatic rings. The normalized spacial score (nSPS) is 23.4. The van der Waals surface area contributed by atoms with Gasteiger partial charge in [-0.1, -0.05) is 11.6 Å². The highest BCUT2D eigenvalue weighted by molar-refractivity contribution is 6.31. The van der Waals surface area contributed by atoms with Crippen LogP contribution in [0.5, 0.6) is 0 Å². The number of aliphatic hydroxyl groups excluding tert-OH is 2. The fourth-order valence-electron chi connectivity index (χ4n) is 2.51. The number of hydrogen-bond acceptors (Lipinski definition) is 5. The minimum Gasteiger partial charge on any atom is -0.392 e. The smallest absolute Gasteiger partial charge is 0.129 e. The van der Waals surface area contributed by atoms with Gasteiger partial charge in [0.1, 0.15) is 5.82 Å². The zero-order valence-electron chi connectivity index (χ0n) is 11.3. The van der Waals surface area contributed by atoms with Crippen molar-refractivity contribution in [2.75, 3.05) is 32.1 Å². The van der Waals surface area contributed by atoms with Gasteiger partial charge in [0.2, 0.25) is 0 Å². The van der Waals surface area contributed by atoms with Crippen molar-refractivity contribution in [3.8, 4) is 0 Å². The number of likely N-dealkylation sites (N-methyl/N-ethyl adjacent to an activating group) is 1. The van der Waals surface area contributed by atoms with Gasteiger partial charge in [-0.25, -0.2) is 4.98 Å². The molecule has 0 saturated carbocycles. The highest BCUT2D eigenvalue weighted by Gasteiger charge is 2.32. The second kappa shape index (κ2) is 6.05. The van der Waals surface area contributed by atoms with Crippen molar-refractivity contribution in [3.63, 3.8) is 0 Å². The Morgan fingerprint density at radius 2 is 2.26 bits per heavy atom. The van der Waals surface area contributed by atoms with Gasteiger partial charge in [-0.3, -0.25) is 0 Å². The summed E-state index contributed by atoms with van der Waals surface area (Å²) in [5.41, 5.74) is 0.664. The first-order chi connectivity index (χ1) is 9.01. The fourth-order valence-corrected chi connectivity index (χ4v) is 2.68. The van der Waals surface area contributed by atoms with Crippen LogP contribution < -0.4 is 4.90 Å². The Kier molecular flexibility index (Phi) is 4.62. The van der Waals surface area contributed by atoms with E-state index >= 15 is 0 Å². The summed E-state index contributed by atoms with van der Waals surface area (Å²) in [6.45, 7) is 1.32. The topological polar surface area (TPSA) is 59.8 Å². The average molecular weight is 286 g/mol. The van der Waals surface area contributed by atoms with Crippen molar-refractivity contribution in [2.45, 2.75) is 25.2 Å². The zero-order chi connectivity index (χ0) is 14.0. The first-order valence-corrected chi connectivity index (χ1v) is 6.73. The van der Waals surface area contributed by atoms with Crippen molar-refractivity contribution in [2.24, 2.45) is 0 Å². The van der Waals surface area contributed by atoms with Gasteiger partial charge in [0.25, 0.3) is 0 Å². The second-order valence-electron chi connectivity index (χ2n) is 5.25. The fraction of sp³-hybridized carbons (Fsp3) is 0.615. The Hall–Kier alpha value is -0.880. The molecule has 0 spiro atoms. The molecule has 2 rings (SSSR count). The Balaban J connectivity index is 2.23. The Bertz CT molecular complexity index is 442. The summed E-state index contributed by atoms with van der Waals surface area (Å²) < 4.78 is 0. The van der Waals surface area contributed by atoms with Gasteiger partial charge in [-0.05, 0) is 26.6 Å². The average Bonchev–Trinajstić information content (AvgIpc) is 2.70. The molecule has 19 heavy (non-hydrogen) atoms. The molecular formula is C13H20ClN3O2. The van der Waals surface area contributed by atoms with Crippen molar-refractivity contribution < 1.29 is 10.2 Å². The molecule has 1 aromatic heterocycles. The van der Waals surface area contributed by atoms with E-state index in [4.69, 9.17) is 11.6 Å². The molecule has 2 atom stereocenters. The third-order valence-electron chi connectivity index (χ3n) is 3.35. The van der Waals surface area contributed by atoms with E-state index in [2.05, 4.69) is 14.8 Å². The van der Waals surface area contributed by atoms with Gasteiger partial charge in [-0.15, -0.1) is 0 Å². The minimum atomic E-state index is -0.333. The number of aliphatic hydroxyl groups is 2. The summed E-state index contributed by atoms with van der Waals surface area (Å²) in [6.07, 6.45) is 1.96. The summed E-state index contributed by atoms with van der Waals surface area (Å²) in [5, 5.41) is 19.6. The molecule has 2 unspecified atom stereocenters. The molecule has 6 heteroatoms. The summed E-state index contributed by atoms with van der Waals surface area (Å²) in [7, 11) is 4.02. The number of nitrogens with zero attached hydrogens (tertiary/aromatic N) is 3. The van der Waals surface area contributed by atoms with E-state index in [1.807, 2.05) is 14.1 Å². The van der Waals surface area contributed by atoms with Crippen molar-refractivity contribution >= 4 is 17.4 Å². The van der Waals surface area contributed by atoms with Crippen molar-refractivity contribution in [3.05, 3.63) is 22.8 Å². The van der Waals surface area contributed by atoms with Gasteiger partial charge < -0.3 is 20.0 Å². The van der Waals surface area contributed by atoms with Gasteiger partial charge in [0, 0.05) is 30.9 Å². The summed E-state index contributed by atoms with van der Waals surface area (Å²) >= 11 is 5.95. The minimum absolute atomic E-state index is 0.108. The summed E-state index contributed by atoms with van der Waals surface area (Å²) in [5.74, 6) is 0.761. The van der Waals surface area contributed by atoms with Crippen LogP contribution in [0.3, 0.4) is 0 Å². The lowest BCUT2D eigenvalue weighted by molar-refractivity contribution is 0.191. The van der Waals surface area contributed by atoms with Gasteiger partial charge >= 0.3 is 0 Å². The van der Waals surface area contributed by atoms with E-state index in [1.54, 1.807) is 12.3 Å². The Morgan fingerprint density at radius 1 is 1.53 bits per heavy atom. The maximum atomic E-state index is 9.86. The molecular weight excluding hydrogens is 266 g/mol. The van der Waals surface area contributed by atoms with E-state index in [-0.39, 0.29) is 18.8 Å². The molecule has 1 aliphatic rings. The van der Waals surface area contributed by atoms with Gasteiger partial charge in [0.05, 0.1) is 17.7 Å². The predicted octanol–water partition coefficient (Wildman–Crippen LogP) is 0.729. The van der Waals surface area contributed by atoms with E-state index in [0.717, 1.165) is 18.8 Å². The number of β-amino-alcohol motifs (C(OH)–C–C–N with tert-alkyl or cyclic N) is 1. The maximum Gasteiger partial charge on any atom is 0.129 e. The molecule has 0 radical (unpaired) electrons. The van der Waals surface area contributed by atoms with Crippen LogP contribution in [0.2, 0.25) is 5.02 Å². The lowest BCUT2D eigenvalue weighted by atomic mass is 10.2. The third kappa shape index (κ3) is 3.36. The molecule has 0 aromatic carbocycles. The molecule has 0 bridgehead atoms. The van der Waals surface area contributed by atoms with E-state index < -0.39 is 0 Å². The highest BCUT2D eigenvalue weighted by atomic mass is 35.5. The van der Waals surface area contributed by atoms with E-state index in [9.17, 15) is 10.2 Å². The first-order valence-electron chi connectivity index (χ1n) is 6.36. The van der Waals surface area contributed by atoms with Crippen molar-refractivity contribution in [1.82, 2.24) is 9.88 Å². The van der Waals surface area contributed by atoms with Crippen LogP contribution in [-0.2, 0) is 6.61 Å². The number of anilines is 1. The van der Waals surface area contributed by atoms with E-state index in [1.165, 1.54) is 0 Å². The second-order valence-corrected chi connectivity index (χ2v) is 5.66. The molecule has 2 N–H and O–H groups in total. The maximum absolute atomic E-state index is 9.86. The number of hydrogen-bond donors (Lipinski definition) is 2. The van der Waals surface area contributed by atoms with Crippen LogP contribution in [-0.4, -0.2) is 59.4 Å². The van der Waals surface area contributed by atoms with Crippen molar-refractivity contribution in [1.29, 1.82) is 0 Å². The van der Waals surface area contributed by atoms with Crippen LogP contribution in [0.1, 0.15) is 12.0 Å². The van der Waals surface area contributed by atoms with E-state index in [0.29, 0.717) is 17.1 Å². The zero-order valence-corrected chi connectivity index (χ0v) is 12.0. The van der Waals surface area contributed by atoms with Gasteiger partial charge in [0.15, 0.2) is 0 Å². The molecule has 5 nitrogen and oxygen atoms in total. The Labute approximate surface area is 118 Å². The lowest BCUT2D eigenvalue weighted by Gasteiger charge is -2.28. The molecule has 1 saturated heterocycles. The SMILES string of the molecule is CN(C)CC1CC(O)CN1c1cc(CO)c(Cl)cn1.